The number of aromatic nitrogens is 4. The summed E-state index contributed by atoms with van der Waals surface area (Å²) >= 11 is 0. The van der Waals surface area contributed by atoms with Gasteiger partial charge in [0.15, 0.2) is 11.3 Å². The third-order valence-corrected chi connectivity index (χ3v) is 3.54. The number of carbonyl (C=O) groups is 1. The smallest absolute Gasteiger partial charge is 0.246 e. The molecule has 1 N–H and O–H groups in total. The van der Waals surface area contributed by atoms with Gasteiger partial charge in [0.2, 0.25) is 17.6 Å². The van der Waals surface area contributed by atoms with E-state index in [2.05, 4.69) is 25.8 Å². The van der Waals surface area contributed by atoms with Crippen LogP contribution in [-0.4, -0.2) is 26.4 Å². The van der Waals surface area contributed by atoms with E-state index >= 15 is 0 Å². The van der Waals surface area contributed by atoms with Crippen LogP contribution in [0.4, 0.5) is 0 Å². The summed E-state index contributed by atoms with van der Waals surface area (Å²) in [5, 5.41) is 15.1. The second-order valence-corrected chi connectivity index (χ2v) is 5.41. The lowest BCUT2D eigenvalue weighted by Crippen LogP contribution is -2.24. The van der Waals surface area contributed by atoms with Crippen LogP contribution in [0.1, 0.15) is 17.3 Å². The van der Waals surface area contributed by atoms with Crippen LogP contribution in [0.5, 0.6) is 0 Å². The summed E-state index contributed by atoms with van der Waals surface area (Å²) in [6, 6.07) is 9.07. The molecule has 0 saturated carbocycles. The Kier molecular flexibility index (Phi) is 3.73. The Balaban J connectivity index is 1.38. The quantitative estimate of drug-likeness (QED) is 0.586. The molecule has 3 aromatic heterocycles. The number of carbonyl (C=O) groups excluding carboxylic acids is 1. The first kappa shape index (κ1) is 15.1. The van der Waals surface area contributed by atoms with Gasteiger partial charge >= 0.3 is 0 Å². The van der Waals surface area contributed by atoms with Crippen LogP contribution in [-0.2, 0) is 17.8 Å². The number of nitrogens with one attached hydrogen (secondary N) is 1. The average molecular weight is 339 g/mol. The number of fused-ring (bicyclic) bond motifs is 1. The van der Waals surface area contributed by atoms with Gasteiger partial charge in [-0.25, -0.2) is 0 Å². The fourth-order valence-electron chi connectivity index (χ4n) is 2.36. The molecule has 0 saturated heterocycles. The molecule has 0 aliphatic heterocycles. The summed E-state index contributed by atoms with van der Waals surface area (Å²) in [5.41, 5.74) is 1.71. The Morgan fingerprint density at radius 3 is 2.84 bits per heavy atom. The van der Waals surface area contributed by atoms with Crippen LogP contribution in [0.2, 0.25) is 0 Å². The third kappa shape index (κ3) is 3.11. The van der Waals surface area contributed by atoms with Crippen LogP contribution in [0.25, 0.3) is 22.5 Å². The summed E-state index contributed by atoms with van der Waals surface area (Å²) in [6.45, 7) is 1.88. The number of nitrogens with zero attached hydrogens (tertiary/aromatic N) is 4. The molecule has 9 nitrogen and oxygen atoms in total. The SMILES string of the molecule is Cc1cc(-c2noc(CNC(=O)Cc3noc4ccccc34)n2)no1. The standard InChI is InChI=1S/C16H13N5O4/c1-9-6-12(20-23-9)16-18-15(25-21-16)8-17-14(22)7-11-10-4-2-3-5-13(10)24-19-11/h2-6H,7-8H2,1H3,(H,17,22). The van der Waals surface area contributed by atoms with Crippen molar-refractivity contribution in [1.82, 2.24) is 25.8 Å². The van der Waals surface area contributed by atoms with Crippen molar-refractivity contribution in [3.63, 3.8) is 0 Å². The minimum absolute atomic E-state index is 0.0977. The Bertz CT molecular complexity index is 1030. The van der Waals surface area contributed by atoms with E-state index < -0.39 is 0 Å². The normalized spacial score (nSPS) is 11.1. The second-order valence-electron chi connectivity index (χ2n) is 5.41. The van der Waals surface area contributed by atoms with Gasteiger partial charge in [0.25, 0.3) is 0 Å². The summed E-state index contributed by atoms with van der Waals surface area (Å²) in [6.07, 6.45) is 0.0977. The maximum Gasteiger partial charge on any atom is 0.246 e. The molecule has 0 atom stereocenters. The van der Waals surface area contributed by atoms with E-state index in [4.69, 9.17) is 13.6 Å². The van der Waals surface area contributed by atoms with Gasteiger partial charge in [-0.05, 0) is 19.1 Å². The maximum atomic E-state index is 12.1. The van der Waals surface area contributed by atoms with Crippen molar-refractivity contribution < 1.29 is 18.4 Å². The zero-order valence-corrected chi connectivity index (χ0v) is 13.2. The number of rotatable bonds is 5. The molecule has 0 aliphatic carbocycles. The number of hydrogen-bond donors (Lipinski definition) is 1. The highest BCUT2D eigenvalue weighted by Gasteiger charge is 2.15. The lowest BCUT2D eigenvalue weighted by molar-refractivity contribution is -0.120. The van der Waals surface area contributed by atoms with Crippen molar-refractivity contribution in [1.29, 1.82) is 0 Å². The average Bonchev–Trinajstić information content (AvgIpc) is 3.33. The largest absolute Gasteiger partial charge is 0.361 e. The molecule has 4 rings (SSSR count). The first-order chi connectivity index (χ1) is 12.2. The highest BCUT2D eigenvalue weighted by Crippen LogP contribution is 2.18. The molecular weight excluding hydrogens is 326 g/mol. The summed E-state index contributed by atoms with van der Waals surface area (Å²) in [4.78, 5) is 16.3. The van der Waals surface area contributed by atoms with Gasteiger partial charge < -0.3 is 18.9 Å². The van der Waals surface area contributed by atoms with E-state index in [1.54, 1.807) is 19.1 Å². The van der Waals surface area contributed by atoms with E-state index in [9.17, 15) is 4.79 Å². The maximum absolute atomic E-state index is 12.1. The highest BCUT2D eigenvalue weighted by atomic mass is 16.5. The van der Waals surface area contributed by atoms with Crippen molar-refractivity contribution >= 4 is 16.9 Å². The molecule has 0 spiro atoms. The van der Waals surface area contributed by atoms with Crippen LogP contribution in [0.15, 0.2) is 43.9 Å². The van der Waals surface area contributed by atoms with Gasteiger partial charge in [-0.15, -0.1) is 0 Å². The fraction of sp³-hybridized carbons (Fsp3) is 0.188. The molecule has 4 aromatic rings. The van der Waals surface area contributed by atoms with E-state index in [1.165, 1.54) is 0 Å². The van der Waals surface area contributed by atoms with Gasteiger partial charge in [-0.1, -0.05) is 27.6 Å². The molecule has 0 radical (unpaired) electrons. The van der Waals surface area contributed by atoms with E-state index in [1.807, 2.05) is 18.2 Å². The lowest BCUT2D eigenvalue weighted by atomic mass is 10.1. The molecule has 25 heavy (non-hydrogen) atoms. The summed E-state index contributed by atoms with van der Waals surface area (Å²) in [7, 11) is 0. The van der Waals surface area contributed by atoms with Gasteiger partial charge in [-0.3, -0.25) is 4.79 Å². The van der Waals surface area contributed by atoms with Crippen LogP contribution < -0.4 is 5.32 Å². The predicted molar refractivity (Wildman–Crippen MR) is 84.1 cm³/mol. The van der Waals surface area contributed by atoms with Gasteiger partial charge in [0.1, 0.15) is 11.5 Å². The van der Waals surface area contributed by atoms with Crippen molar-refractivity contribution in [2.24, 2.45) is 0 Å². The molecule has 1 amide bonds. The molecule has 0 aliphatic rings. The zero-order valence-electron chi connectivity index (χ0n) is 13.2. The van der Waals surface area contributed by atoms with Crippen LogP contribution >= 0.6 is 0 Å². The van der Waals surface area contributed by atoms with E-state index in [0.717, 1.165) is 5.39 Å². The van der Waals surface area contributed by atoms with Gasteiger partial charge in [0, 0.05) is 11.5 Å². The van der Waals surface area contributed by atoms with Crippen molar-refractivity contribution in [2.45, 2.75) is 19.9 Å². The number of hydrogen-bond acceptors (Lipinski definition) is 8. The molecule has 3 heterocycles. The Labute approximate surface area is 141 Å². The molecule has 0 fully saturated rings. The zero-order chi connectivity index (χ0) is 17.2. The fourth-order valence-corrected chi connectivity index (χ4v) is 2.36. The third-order valence-electron chi connectivity index (χ3n) is 3.54. The van der Waals surface area contributed by atoms with Crippen molar-refractivity contribution in [2.75, 3.05) is 0 Å². The Morgan fingerprint density at radius 2 is 2.00 bits per heavy atom. The van der Waals surface area contributed by atoms with Crippen LogP contribution in [0, 0.1) is 6.92 Å². The lowest BCUT2D eigenvalue weighted by Gasteiger charge is -1.99. The number of aryl methyl sites for hydroxylation is 1. The second kappa shape index (κ2) is 6.19. The summed E-state index contributed by atoms with van der Waals surface area (Å²) < 4.78 is 15.2. The molecule has 1 aromatic carbocycles. The number of benzene rings is 1. The minimum atomic E-state index is -0.226. The molecular formula is C16H13N5O4. The van der Waals surface area contributed by atoms with Gasteiger partial charge in [0.05, 0.1) is 13.0 Å². The monoisotopic (exact) mass is 339 g/mol. The van der Waals surface area contributed by atoms with Crippen molar-refractivity contribution in [3.05, 3.63) is 47.7 Å². The number of para-hydroxylation sites is 1. The highest BCUT2D eigenvalue weighted by molar-refractivity contribution is 5.86. The predicted octanol–water partition coefficient (Wildman–Crippen LogP) is 2.03. The van der Waals surface area contributed by atoms with E-state index in [-0.39, 0.29) is 24.8 Å². The van der Waals surface area contributed by atoms with E-state index in [0.29, 0.717) is 28.6 Å². The number of amides is 1. The minimum Gasteiger partial charge on any atom is -0.361 e. The van der Waals surface area contributed by atoms with Gasteiger partial charge in [-0.2, -0.15) is 4.98 Å². The molecule has 0 bridgehead atoms. The molecule has 9 heteroatoms. The molecule has 0 unspecified atom stereocenters. The first-order valence-electron chi connectivity index (χ1n) is 7.55. The topological polar surface area (TPSA) is 120 Å². The van der Waals surface area contributed by atoms with Crippen LogP contribution in [0.3, 0.4) is 0 Å². The Morgan fingerprint density at radius 1 is 1.12 bits per heavy atom. The van der Waals surface area contributed by atoms with Crippen molar-refractivity contribution in [3.8, 4) is 11.5 Å². The summed E-state index contributed by atoms with van der Waals surface area (Å²) in [5.74, 6) is 1.00. The first-order valence-corrected chi connectivity index (χ1v) is 7.55. The Hall–Kier alpha value is -3.49. The molecule has 126 valence electrons.